The van der Waals surface area contributed by atoms with Crippen LogP contribution in [-0.4, -0.2) is 13.2 Å². The van der Waals surface area contributed by atoms with Crippen LogP contribution >= 0.6 is 0 Å². The highest BCUT2D eigenvalue weighted by atomic mass is 16.5. The largest absolute Gasteiger partial charge is 0.381 e. The van der Waals surface area contributed by atoms with Crippen LogP contribution in [0.15, 0.2) is 0 Å². The summed E-state index contributed by atoms with van der Waals surface area (Å²) in [6.07, 6.45) is 6.04. The Kier molecular flexibility index (Phi) is 3.32. The molecule has 0 saturated heterocycles. The first-order chi connectivity index (χ1) is 4.93. The van der Waals surface area contributed by atoms with Crippen LogP contribution in [0.3, 0.4) is 0 Å². The molecule has 1 heteroatoms. The van der Waals surface area contributed by atoms with Crippen molar-refractivity contribution >= 4 is 0 Å². The maximum Gasteiger partial charge on any atom is 0.0580 e. The van der Waals surface area contributed by atoms with E-state index >= 15 is 0 Å². The molecule has 0 aromatic carbocycles. The van der Waals surface area contributed by atoms with E-state index < -0.39 is 0 Å². The topological polar surface area (TPSA) is 9.23 Å². The van der Waals surface area contributed by atoms with Gasteiger partial charge in [-0.25, -0.2) is 0 Å². The van der Waals surface area contributed by atoms with E-state index in [0.717, 1.165) is 19.3 Å². The van der Waals surface area contributed by atoms with Gasteiger partial charge in [-0.15, -0.1) is 11.8 Å². The van der Waals surface area contributed by atoms with Crippen molar-refractivity contribution in [1.82, 2.24) is 0 Å². The second kappa shape index (κ2) is 4.35. The maximum atomic E-state index is 5.26. The molecule has 0 fully saturated rings. The molecule has 0 aliphatic heterocycles. The van der Waals surface area contributed by atoms with E-state index in [1.165, 1.54) is 12.8 Å². The van der Waals surface area contributed by atoms with Gasteiger partial charge in [0.15, 0.2) is 0 Å². The van der Waals surface area contributed by atoms with Gasteiger partial charge in [0.05, 0.1) is 6.10 Å². The third-order valence-electron chi connectivity index (χ3n) is 1.88. The van der Waals surface area contributed by atoms with Gasteiger partial charge in [-0.3, -0.25) is 0 Å². The van der Waals surface area contributed by atoms with Gasteiger partial charge < -0.3 is 4.74 Å². The van der Waals surface area contributed by atoms with Gasteiger partial charge in [-0.05, 0) is 19.3 Å². The molecule has 0 amide bonds. The highest BCUT2D eigenvalue weighted by Crippen LogP contribution is 2.11. The summed E-state index contributed by atoms with van der Waals surface area (Å²) in [4.78, 5) is 0. The molecular formula is C9H14O. The minimum absolute atomic E-state index is 0.467. The lowest BCUT2D eigenvalue weighted by molar-refractivity contribution is 0.0873. The molecule has 1 aliphatic carbocycles. The predicted molar refractivity (Wildman–Crippen MR) is 41.7 cm³/mol. The fraction of sp³-hybridized carbons (Fsp3) is 0.778. The Morgan fingerprint density at radius 3 is 2.80 bits per heavy atom. The van der Waals surface area contributed by atoms with Gasteiger partial charge in [-0.2, -0.15) is 0 Å². The lowest BCUT2D eigenvalue weighted by atomic mass is 10.1. The van der Waals surface area contributed by atoms with Crippen LogP contribution in [-0.2, 0) is 4.74 Å². The lowest BCUT2D eigenvalue weighted by Gasteiger charge is -2.13. The van der Waals surface area contributed by atoms with Crippen molar-refractivity contribution in [2.75, 3.05) is 7.11 Å². The van der Waals surface area contributed by atoms with E-state index in [0.29, 0.717) is 6.10 Å². The Labute approximate surface area is 62.8 Å². The van der Waals surface area contributed by atoms with E-state index in [1.54, 1.807) is 7.11 Å². The van der Waals surface area contributed by atoms with Gasteiger partial charge >= 0.3 is 0 Å². The molecule has 0 aromatic heterocycles. The van der Waals surface area contributed by atoms with Gasteiger partial charge in [0.1, 0.15) is 0 Å². The summed E-state index contributed by atoms with van der Waals surface area (Å²) < 4.78 is 5.26. The monoisotopic (exact) mass is 138 g/mol. The number of hydrogen-bond donors (Lipinski definition) is 0. The van der Waals surface area contributed by atoms with Crippen molar-refractivity contribution in [2.45, 2.75) is 38.2 Å². The minimum Gasteiger partial charge on any atom is -0.381 e. The molecule has 0 radical (unpaired) electrons. The Morgan fingerprint density at radius 2 is 2.00 bits per heavy atom. The van der Waals surface area contributed by atoms with Crippen molar-refractivity contribution < 1.29 is 4.74 Å². The Balaban J connectivity index is 2.31. The molecule has 0 N–H and O–H groups in total. The first-order valence-electron chi connectivity index (χ1n) is 3.92. The summed E-state index contributed by atoms with van der Waals surface area (Å²) >= 11 is 0. The standard InChI is InChI=1S/C9H14O/c1-10-9-7-5-3-2-4-6-8-9/h9H,3,5-8H2,1H3. The van der Waals surface area contributed by atoms with E-state index in [2.05, 4.69) is 11.8 Å². The van der Waals surface area contributed by atoms with Crippen molar-refractivity contribution in [2.24, 2.45) is 0 Å². The molecule has 0 saturated carbocycles. The zero-order valence-electron chi connectivity index (χ0n) is 6.52. The van der Waals surface area contributed by atoms with Crippen LogP contribution in [0.1, 0.15) is 32.1 Å². The molecule has 0 spiro atoms. The zero-order valence-corrected chi connectivity index (χ0v) is 6.52. The molecule has 0 heterocycles. The first-order valence-corrected chi connectivity index (χ1v) is 3.92. The summed E-state index contributed by atoms with van der Waals surface area (Å²) in [5, 5.41) is 0. The zero-order chi connectivity index (χ0) is 7.23. The third-order valence-corrected chi connectivity index (χ3v) is 1.88. The second-order valence-electron chi connectivity index (χ2n) is 2.64. The smallest absolute Gasteiger partial charge is 0.0580 e. The fourth-order valence-electron chi connectivity index (χ4n) is 1.21. The molecule has 56 valence electrons. The lowest BCUT2D eigenvalue weighted by Crippen LogP contribution is -2.10. The van der Waals surface area contributed by atoms with Crippen molar-refractivity contribution in [3.8, 4) is 11.8 Å². The van der Waals surface area contributed by atoms with Crippen LogP contribution in [0.25, 0.3) is 0 Å². The predicted octanol–water partition coefficient (Wildman–Crippen LogP) is 1.97. The molecule has 0 aromatic rings. The molecular weight excluding hydrogens is 124 g/mol. The molecule has 10 heavy (non-hydrogen) atoms. The van der Waals surface area contributed by atoms with E-state index in [4.69, 9.17) is 4.74 Å². The molecule has 1 unspecified atom stereocenters. The summed E-state index contributed by atoms with van der Waals surface area (Å²) in [6, 6.07) is 0. The summed E-state index contributed by atoms with van der Waals surface area (Å²) in [5.74, 6) is 6.25. The summed E-state index contributed by atoms with van der Waals surface area (Å²) in [6.45, 7) is 0. The highest BCUT2D eigenvalue weighted by Gasteiger charge is 2.06. The summed E-state index contributed by atoms with van der Waals surface area (Å²) in [5.41, 5.74) is 0. The SMILES string of the molecule is COC1CCC#CCCC1. The second-order valence-corrected chi connectivity index (χ2v) is 2.64. The van der Waals surface area contributed by atoms with Crippen LogP contribution in [0.4, 0.5) is 0 Å². The quantitative estimate of drug-likeness (QED) is 0.503. The number of methoxy groups -OCH3 is 1. The Morgan fingerprint density at radius 1 is 1.20 bits per heavy atom. The van der Waals surface area contributed by atoms with E-state index in [-0.39, 0.29) is 0 Å². The van der Waals surface area contributed by atoms with Crippen LogP contribution in [0, 0.1) is 11.8 Å². The highest BCUT2D eigenvalue weighted by molar-refractivity contribution is 5.00. The van der Waals surface area contributed by atoms with Crippen LogP contribution in [0.2, 0.25) is 0 Å². The molecule has 1 atom stereocenters. The van der Waals surface area contributed by atoms with E-state index in [9.17, 15) is 0 Å². The van der Waals surface area contributed by atoms with Gasteiger partial charge in [0.25, 0.3) is 0 Å². The molecule has 1 rings (SSSR count). The van der Waals surface area contributed by atoms with Crippen LogP contribution in [0.5, 0.6) is 0 Å². The maximum absolute atomic E-state index is 5.26. The third kappa shape index (κ3) is 2.41. The number of ether oxygens (including phenoxy) is 1. The van der Waals surface area contributed by atoms with Crippen molar-refractivity contribution in [3.63, 3.8) is 0 Å². The molecule has 1 nitrogen and oxygen atoms in total. The summed E-state index contributed by atoms with van der Waals surface area (Å²) in [7, 11) is 1.79. The molecule has 1 aliphatic rings. The van der Waals surface area contributed by atoms with Gasteiger partial charge in [-0.1, -0.05) is 0 Å². The van der Waals surface area contributed by atoms with Crippen molar-refractivity contribution in [3.05, 3.63) is 0 Å². The number of hydrogen-bond acceptors (Lipinski definition) is 1. The van der Waals surface area contributed by atoms with Crippen molar-refractivity contribution in [1.29, 1.82) is 0 Å². The Hall–Kier alpha value is -0.480. The van der Waals surface area contributed by atoms with E-state index in [1.807, 2.05) is 0 Å². The molecule has 0 bridgehead atoms. The average Bonchev–Trinajstić information content (AvgIpc) is 1.87. The minimum atomic E-state index is 0.467. The normalized spacial score (nSPS) is 25.9. The average molecular weight is 138 g/mol. The first kappa shape index (κ1) is 7.63. The Bertz CT molecular complexity index is 141. The fourth-order valence-corrected chi connectivity index (χ4v) is 1.21. The van der Waals surface area contributed by atoms with Gasteiger partial charge in [0.2, 0.25) is 0 Å². The van der Waals surface area contributed by atoms with Gasteiger partial charge in [0, 0.05) is 20.0 Å². The number of rotatable bonds is 1. The van der Waals surface area contributed by atoms with Crippen LogP contribution < -0.4 is 0 Å².